The quantitative estimate of drug-likeness (QED) is 0.312. The van der Waals surface area contributed by atoms with E-state index in [4.69, 9.17) is 0 Å². The lowest BCUT2D eigenvalue weighted by molar-refractivity contribution is 0.205. The van der Waals surface area contributed by atoms with Crippen LogP contribution in [-0.4, -0.2) is 0 Å². The van der Waals surface area contributed by atoms with Gasteiger partial charge in [-0.3, -0.25) is 0 Å². The van der Waals surface area contributed by atoms with Crippen molar-refractivity contribution in [3.63, 3.8) is 0 Å². The first-order valence-corrected chi connectivity index (χ1v) is 10.7. The van der Waals surface area contributed by atoms with Gasteiger partial charge < -0.3 is 0 Å². The number of allylic oxidation sites excluding steroid dienone is 8. The summed E-state index contributed by atoms with van der Waals surface area (Å²) in [5.74, 6) is 1.61. The van der Waals surface area contributed by atoms with Gasteiger partial charge in [-0.2, -0.15) is 0 Å². The fourth-order valence-corrected chi connectivity index (χ4v) is 4.17. The summed E-state index contributed by atoms with van der Waals surface area (Å²) in [6, 6.07) is 0. The van der Waals surface area contributed by atoms with E-state index in [1.807, 2.05) is 0 Å². The van der Waals surface area contributed by atoms with E-state index in [9.17, 15) is 0 Å². The zero-order valence-corrected chi connectivity index (χ0v) is 17.3. The summed E-state index contributed by atoms with van der Waals surface area (Å²) in [6.07, 6.45) is 31.3. The topological polar surface area (TPSA) is 0 Å². The Bertz CT molecular complexity index is 437. The Balaban J connectivity index is 2.12. The standard InChI is InChI=1S/C25H42/c1-5-7-8-11-14-18-23(3)19-15-12-9-10-13-16-21-25(4)22-17-20-24(25)6-2/h7-8,10,12-15,18,23-24H,5-6,9,11,16-17,19-22H2,1-4H3/b8-7-,13-10-,15-12-,18-14-. The monoisotopic (exact) mass is 342 g/mol. The van der Waals surface area contributed by atoms with E-state index < -0.39 is 0 Å². The van der Waals surface area contributed by atoms with Crippen molar-refractivity contribution in [2.75, 3.05) is 0 Å². The first kappa shape index (κ1) is 22.0. The highest BCUT2D eigenvalue weighted by atomic mass is 14.4. The SMILES string of the molecule is CC/C=C\C/C=C\C(C)C/C=C\C/C=C\CCC1(C)CCCC1CC. The molecule has 0 radical (unpaired) electrons. The Labute approximate surface area is 158 Å². The molecule has 0 aromatic carbocycles. The molecule has 25 heavy (non-hydrogen) atoms. The summed E-state index contributed by atoms with van der Waals surface area (Å²) >= 11 is 0. The van der Waals surface area contributed by atoms with Crippen LogP contribution in [0, 0.1) is 17.3 Å². The predicted octanol–water partition coefficient (Wildman–Crippen LogP) is 8.42. The van der Waals surface area contributed by atoms with Crippen molar-refractivity contribution in [2.45, 2.75) is 91.9 Å². The van der Waals surface area contributed by atoms with E-state index >= 15 is 0 Å². The van der Waals surface area contributed by atoms with Crippen molar-refractivity contribution in [1.82, 2.24) is 0 Å². The van der Waals surface area contributed by atoms with Crippen LogP contribution in [0.2, 0.25) is 0 Å². The van der Waals surface area contributed by atoms with Gasteiger partial charge in [0.05, 0.1) is 0 Å². The maximum absolute atomic E-state index is 2.52. The number of hydrogen-bond acceptors (Lipinski definition) is 0. The molecule has 0 spiro atoms. The van der Waals surface area contributed by atoms with Gasteiger partial charge in [-0.25, -0.2) is 0 Å². The highest BCUT2D eigenvalue weighted by Crippen LogP contribution is 2.47. The molecule has 142 valence electrons. The second kappa shape index (κ2) is 13.2. The molecule has 0 aromatic rings. The van der Waals surface area contributed by atoms with Gasteiger partial charge in [0, 0.05) is 0 Å². The molecule has 3 unspecified atom stereocenters. The molecule has 0 aliphatic heterocycles. The lowest BCUT2D eigenvalue weighted by Gasteiger charge is -2.30. The van der Waals surface area contributed by atoms with Gasteiger partial charge in [0.2, 0.25) is 0 Å². The molecule has 0 amide bonds. The molecule has 1 saturated carbocycles. The minimum absolute atomic E-state index is 0.614. The zero-order chi connectivity index (χ0) is 18.4. The highest BCUT2D eigenvalue weighted by molar-refractivity contribution is 4.99. The van der Waals surface area contributed by atoms with Crippen molar-refractivity contribution in [3.8, 4) is 0 Å². The lowest BCUT2D eigenvalue weighted by Crippen LogP contribution is -2.20. The van der Waals surface area contributed by atoms with Crippen molar-refractivity contribution < 1.29 is 0 Å². The fourth-order valence-electron chi connectivity index (χ4n) is 4.17. The molecule has 1 rings (SSSR count). The summed E-state index contributed by atoms with van der Waals surface area (Å²) < 4.78 is 0. The van der Waals surface area contributed by atoms with Crippen molar-refractivity contribution in [3.05, 3.63) is 48.6 Å². The van der Waals surface area contributed by atoms with Gasteiger partial charge in [0.25, 0.3) is 0 Å². The van der Waals surface area contributed by atoms with E-state index in [1.165, 1.54) is 38.5 Å². The molecule has 1 aliphatic rings. The minimum atomic E-state index is 0.614. The van der Waals surface area contributed by atoms with Crippen molar-refractivity contribution in [2.24, 2.45) is 17.3 Å². The highest BCUT2D eigenvalue weighted by Gasteiger charge is 2.36. The van der Waals surface area contributed by atoms with E-state index in [0.29, 0.717) is 11.3 Å². The van der Waals surface area contributed by atoms with Gasteiger partial charge in [0.1, 0.15) is 0 Å². The third-order valence-electron chi connectivity index (χ3n) is 5.91. The Hall–Kier alpha value is -1.04. The smallest absolute Gasteiger partial charge is 0.0169 e. The third-order valence-corrected chi connectivity index (χ3v) is 5.91. The third kappa shape index (κ3) is 9.28. The molecule has 0 heterocycles. The van der Waals surface area contributed by atoms with Gasteiger partial charge in [-0.05, 0) is 68.6 Å². The molecular weight excluding hydrogens is 300 g/mol. The molecular formula is C25H42. The number of hydrogen-bond donors (Lipinski definition) is 0. The summed E-state index contributed by atoms with van der Waals surface area (Å²) in [5.41, 5.74) is 0.614. The Morgan fingerprint density at radius 2 is 1.68 bits per heavy atom. The van der Waals surface area contributed by atoms with Crippen molar-refractivity contribution in [1.29, 1.82) is 0 Å². The first-order valence-electron chi connectivity index (χ1n) is 10.7. The van der Waals surface area contributed by atoms with Crippen LogP contribution in [0.5, 0.6) is 0 Å². The number of rotatable bonds is 12. The summed E-state index contributed by atoms with van der Waals surface area (Å²) in [4.78, 5) is 0. The van der Waals surface area contributed by atoms with Crippen LogP contribution in [0.4, 0.5) is 0 Å². The van der Waals surface area contributed by atoms with Crippen LogP contribution in [0.15, 0.2) is 48.6 Å². The van der Waals surface area contributed by atoms with Gasteiger partial charge in [0.15, 0.2) is 0 Å². The van der Waals surface area contributed by atoms with Crippen LogP contribution in [-0.2, 0) is 0 Å². The van der Waals surface area contributed by atoms with Gasteiger partial charge >= 0.3 is 0 Å². The van der Waals surface area contributed by atoms with Crippen LogP contribution < -0.4 is 0 Å². The summed E-state index contributed by atoms with van der Waals surface area (Å²) in [6.45, 7) is 9.37. The second-order valence-electron chi connectivity index (χ2n) is 8.13. The van der Waals surface area contributed by atoms with Gasteiger partial charge in [-0.1, -0.05) is 89.1 Å². The van der Waals surface area contributed by atoms with Crippen LogP contribution in [0.1, 0.15) is 91.9 Å². The lowest BCUT2D eigenvalue weighted by atomic mass is 9.75. The van der Waals surface area contributed by atoms with E-state index in [2.05, 4.69) is 76.3 Å². The molecule has 1 fully saturated rings. The van der Waals surface area contributed by atoms with Gasteiger partial charge in [-0.15, -0.1) is 0 Å². The largest absolute Gasteiger partial charge is 0.0885 e. The van der Waals surface area contributed by atoms with Crippen molar-refractivity contribution >= 4 is 0 Å². The molecule has 0 bridgehead atoms. The molecule has 1 aliphatic carbocycles. The maximum Gasteiger partial charge on any atom is -0.0169 e. The Kier molecular flexibility index (Phi) is 11.6. The molecule has 0 N–H and O–H groups in total. The van der Waals surface area contributed by atoms with Crippen LogP contribution in [0.3, 0.4) is 0 Å². The average Bonchev–Trinajstić information content (AvgIpc) is 2.98. The zero-order valence-electron chi connectivity index (χ0n) is 17.3. The molecule has 0 aromatic heterocycles. The van der Waals surface area contributed by atoms with Crippen LogP contribution in [0.25, 0.3) is 0 Å². The van der Waals surface area contributed by atoms with E-state index in [-0.39, 0.29) is 0 Å². The predicted molar refractivity (Wildman–Crippen MR) is 115 cm³/mol. The fraction of sp³-hybridized carbons (Fsp3) is 0.680. The summed E-state index contributed by atoms with van der Waals surface area (Å²) in [7, 11) is 0. The Morgan fingerprint density at radius 3 is 2.44 bits per heavy atom. The molecule has 3 atom stereocenters. The Morgan fingerprint density at radius 1 is 0.960 bits per heavy atom. The molecule has 0 saturated heterocycles. The normalized spacial score (nSPS) is 26.0. The van der Waals surface area contributed by atoms with E-state index in [1.54, 1.807) is 0 Å². The molecule has 0 heteroatoms. The summed E-state index contributed by atoms with van der Waals surface area (Å²) in [5, 5.41) is 0. The minimum Gasteiger partial charge on any atom is -0.0885 e. The second-order valence-corrected chi connectivity index (χ2v) is 8.13. The first-order chi connectivity index (χ1) is 12.1. The average molecular weight is 343 g/mol. The van der Waals surface area contributed by atoms with E-state index in [0.717, 1.165) is 31.6 Å². The van der Waals surface area contributed by atoms with Crippen LogP contribution >= 0.6 is 0 Å². The molecule has 0 nitrogen and oxygen atoms in total. The maximum atomic E-state index is 2.52.